The second kappa shape index (κ2) is 5.32. The molecule has 0 bridgehead atoms. The number of nitrogens with one attached hydrogen (secondary N) is 1. The number of Topliss-reactive ketones (excluding diaryl/α,β-unsaturated/α-hetero) is 1. The van der Waals surface area contributed by atoms with Crippen LogP contribution in [0.25, 0.3) is 0 Å². The first-order valence-electron chi connectivity index (χ1n) is 6.11. The van der Waals surface area contributed by atoms with E-state index in [4.69, 9.17) is 0 Å². The van der Waals surface area contributed by atoms with Gasteiger partial charge in [0, 0.05) is 5.56 Å². The number of ketones is 1. The molecule has 1 aromatic carbocycles. The Labute approximate surface area is 111 Å². The molecule has 19 heavy (non-hydrogen) atoms. The van der Waals surface area contributed by atoms with Gasteiger partial charge in [-0.3, -0.25) is 24.6 Å². The van der Waals surface area contributed by atoms with E-state index < -0.39 is 0 Å². The molecular weight excluding hydrogens is 244 g/mol. The van der Waals surface area contributed by atoms with Crippen LogP contribution in [0.2, 0.25) is 0 Å². The molecule has 0 spiro atoms. The summed E-state index contributed by atoms with van der Waals surface area (Å²) in [6.07, 6.45) is 0. The van der Waals surface area contributed by atoms with E-state index >= 15 is 0 Å². The highest BCUT2D eigenvalue weighted by atomic mass is 16.2. The van der Waals surface area contributed by atoms with E-state index in [9.17, 15) is 14.4 Å². The van der Waals surface area contributed by atoms with Crippen LogP contribution in [0.5, 0.6) is 0 Å². The first kappa shape index (κ1) is 13.4. The van der Waals surface area contributed by atoms with Crippen molar-refractivity contribution < 1.29 is 14.4 Å². The summed E-state index contributed by atoms with van der Waals surface area (Å²) in [7, 11) is 0. The molecule has 1 N–H and O–H groups in total. The number of rotatable bonds is 3. The van der Waals surface area contributed by atoms with Gasteiger partial charge >= 0.3 is 0 Å². The maximum Gasteiger partial charge on any atom is 0.240 e. The molecular formula is C14H16N2O3. The van der Waals surface area contributed by atoms with E-state index in [1.165, 1.54) is 0 Å². The molecule has 100 valence electrons. The van der Waals surface area contributed by atoms with Crippen LogP contribution in [0.3, 0.4) is 0 Å². The largest absolute Gasteiger partial charge is 0.294 e. The van der Waals surface area contributed by atoms with Gasteiger partial charge in [-0.2, -0.15) is 0 Å². The number of hydrogen-bond donors (Lipinski definition) is 1. The molecule has 1 saturated heterocycles. The summed E-state index contributed by atoms with van der Waals surface area (Å²) in [5.41, 5.74) is 2.66. The Kier molecular flexibility index (Phi) is 3.76. The molecule has 1 aliphatic heterocycles. The van der Waals surface area contributed by atoms with Crippen molar-refractivity contribution in [2.45, 2.75) is 13.8 Å². The lowest BCUT2D eigenvalue weighted by Crippen LogP contribution is -2.52. The lowest BCUT2D eigenvalue weighted by molar-refractivity contribution is -0.135. The number of benzene rings is 1. The summed E-state index contributed by atoms with van der Waals surface area (Å²) in [4.78, 5) is 36.2. The van der Waals surface area contributed by atoms with E-state index in [0.29, 0.717) is 5.56 Å². The molecule has 5 nitrogen and oxygen atoms in total. The third-order valence-corrected chi connectivity index (χ3v) is 3.06. The molecule has 0 saturated carbocycles. The van der Waals surface area contributed by atoms with Gasteiger partial charge in [-0.05, 0) is 19.4 Å². The van der Waals surface area contributed by atoms with Gasteiger partial charge in [-0.25, -0.2) is 0 Å². The average molecular weight is 260 g/mol. The quantitative estimate of drug-likeness (QED) is 0.633. The van der Waals surface area contributed by atoms with E-state index in [0.717, 1.165) is 11.1 Å². The smallest absolute Gasteiger partial charge is 0.240 e. The van der Waals surface area contributed by atoms with Gasteiger partial charge in [0.1, 0.15) is 0 Å². The van der Waals surface area contributed by atoms with Gasteiger partial charge in [-0.15, -0.1) is 0 Å². The summed E-state index contributed by atoms with van der Waals surface area (Å²) in [6, 6.07) is 5.62. The molecule has 1 heterocycles. The van der Waals surface area contributed by atoms with Crippen molar-refractivity contribution in [3.8, 4) is 0 Å². The highest BCUT2D eigenvalue weighted by Gasteiger charge is 2.24. The van der Waals surface area contributed by atoms with Gasteiger partial charge in [0.05, 0.1) is 19.6 Å². The van der Waals surface area contributed by atoms with Gasteiger partial charge in [0.2, 0.25) is 11.8 Å². The lowest BCUT2D eigenvalue weighted by atomic mass is 10.0. The Hall–Kier alpha value is -2.01. The first-order valence-corrected chi connectivity index (χ1v) is 6.11. The maximum atomic E-state index is 12.2. The van der Waals surface area contributed by atoms with Crippen molar-refractivity contribution in [3.63, 3.8) is 0 Å². The molecule has 1 aliphatic rings. The summed E-state index contributed by atoms with van der Waals surface area (Å²) in [6.45, 7) is 4.11. The van der Waals surface area contributed by atoms with Crippen LogP contribution in [-0.4, -0.2) is 42.1 Å². The van der Waals surface area contributed by atoms with Crippen LogP contribution in [0.4, 0.5) is 0 Å². The number of amides is 2. The van der Waals surface area contributed by atoms with Crippen molar-refractivity contribution in [2.75, 3.05) is 19.6 Å². The van der Waals surface area contributed by atoms with E-state index in [-0.39, 0.29) is 37.2 Å². The van der Waals surface area contributed by atoms with E-state index in [2.05, 4.69) is 5.32 Å². The fraction of sp³-hybridized carbons (Fsp3) is 0.357. The lowest BCUT2D eigenvalue weighted by Gasteiger charge is -2.24. The number of carbonyl (C=O) groups is 3. The van der Waals surface area contributed by atoms with Crippen LogP contribution in [0, 0.1) is 13.8 Å². The summed E-state index contributed by atoms with van der Waals surface area (Å²) in [5, 5.41) is 2.21. The number of nitrogens with zero attached hydrogens (tertiary/aromatic N) is 1. The molecule has 2 amide bonds. The number of hydrogen-bond acceptors (Lipinski definition) is 4. The van der Waals surface area contributed by atoms with Crippen LogP contribution in [0.1, 0.15) is 21.5 Å². The fourth-order valence-electron chi connectivity index (χ4n) is 2.22. The molecule has 0 radical (unpaired) electrons. The molecule has 0 aromatic heterocycles. The highest BCUT2D eigenvalue weighted by molar-refractivity contribution is 6.02. The number of carbonyl (C=O) groups excluding carboxylic acids is 3. The summed E-state index contributed by atoms with van der Waals surface area (Å²) < 4.78 is 0. The highest BCUT2D eigenvalue weighted by Crippen LogP contribution is 2.12. The number of piperazine rings is 1. The van der Waals surface area contributed by atoms with Crippen LogP contribution in [-0.2, 0) is 9.59 Å². The van der Waals surface area contributed by atoms with E-state index in [1.807, 2.05) is 26.0 Å². The Morgan fingerprint density at radius 3 is 2.42 bits per heavy atom. The minimum Gasteiger partial charge on any atom is -0.294 e. The zero-order valence-electron chi connectivity index (χ0n) is 11.0. The Morgan fingerprint density at radius 2 is 1.84 bits per heavy atom. The third-order valence-electron chi connectivity index (χ3n) is 3.06. The SMILES string of the molecule is Cc1ccc(C(=O)CN2CC(=O)NC(=O)C2)c(C)c1. The molecule has 2 rings (SSSR count). The van der Waals surface area contributed by atoms with Gasteiger partial charge in [0.25, 0.3) is 0 Å². The van der Waals surface area contributed by atoms with Crippen LogP contribution < -0.4 is 5.32 Å². The number of imide groups is 1. The average Bonchev–Trinajstić information content (AvgIpc) is 2.26. The summed E-state index contributed by atoms with van der Waals surface area (Å²) in [5.74, 6) is -0.783. The van der Waals surface area contributed by atoms with Crippen LogP contribution in [0.15, 0.2) is 18.2 Å². The standard InChI is InChI=1S/C14H16N2O3/c1-9-3-4-11(10(2)5-9)12(17)6-16-7-13(18)15-14(19)8-16/h3-5H,6-8H2,1-2H3,(H,15,18,19). The molecule has 5 heteroatoms. The monoisotopic (exact) mass is 260 g/mol. The molecule has 0 atom stereocenters. The second-order valence-corrected chi connectivity index (χ2v) is 4.86. The zero-order chi connectivity index (χ0) is 14.0. The second-order valence-electron chi connectivity index (χ2n) is 4.86. The Balaban J connectivity index is 2.08. The molecule has 1 aromatic rings. The zero-order valence-corrected chi connectivity index (χ0v) is 11.0. The maximum absolute atomic E-state index is 12.2. The van der Waals surface area contributed by atoms with Crippen molar-refractivity contribution in [1.29, 1.82) is 0 Å². The first-order chi connectivity index (χ1) is 8.95. The predicted molar refractivity (Wildman–Crippen MR) is 69.8 cm³/mol. The Bertz CT molecular complexity index is 536. The molecule has 0 aliphatic carbocycles. The minimum atomic E-state index is -0.357. The third kappa shape index (κ3) is 3.26. The fourth-order valence-corrected chi connectivity index (χ4v) is 2.22. The van der Waals surface area contributed by atoms with Gasteiger partial charge < -0.3 is 0 Å². The van der Waals surface area contributed by atoms with Gasteiger partial charge in [0.15, 0.2) is 5.78 Å². The van der Waals surface area contributed by atoms with Crippen LogP contribution >= 0.6 is 0 Å². The minimum absolute atomic E-state index is 0.0694. The van der Waals surface area contributed by atoms with Gasteiger partial charge in [-0.1, -0.05) is 23.8 Å². The van der Waals surface area contributed by atoms with Crippen molar-refractivity contribution in [1.82, 2.24) is 10.2 Å². The van der Waals surface area contributed by atoms with E-state index in [1.54, 1.807) is 11.0 Å². The van der Waals surface area contributed by atoms with Crippen molar-refractivity contribution >= 4 is 17.6 Å². The number of aryl methyl sites for hydroxylation is 2. The molecule has 0 unspecified atom stereocenters. The van der Waals surface area contributed by atoms with Crippen molar-refractivity contribution in [3.05, 3.63) is 34.9 Å². The molecule has 1 fully saturated rings. The topological polar surface area (TPSA) is 66.5 Å². The normalized spacial score (nSPS) is 16.3. The van der Waals surface area contributed by atoms with Crippen molar-refractivity contribution in [2.24, 2.45) is 0 Å². The predicted octanol–water partition coefficient (Wildman–Crippen LogP) is 0.445. The Morgan fingerprint density at radius 1 is 1.21 bits per heavy atom. The summed E-state index contributed by atoms with van der Waals surface area (Å²) >= 11 is 0.